The van der Waals surface area contributed by atoms with Gasteiger partial charge in [-0.25, -0.2) is 0 Å². The number of hydrogen-bond acceptors (Lipinski definition) is 3. The lowest BCUT2D eigenvalue weighted by Gasteiger charge is -2.39. The highest BCUT2D eigenvalue weighted by Gasteiger charge is 2.22. The third-order valence-electron chi connectivity index (χ3n) is 4.26. The zero-order chi connectivity index (χ0) is 15.5. The van der Waals surface area contributed by atoms with Crippen molar-refractivity contribution in [1.82, 2.24) is 9.88 Å². The molecule has 1 aromatic heterocycles. The maximum Gasteiger partial charge on any atom is 0.0441 e. The first-order valence-electron chi connectivity index (χ1n) is 7.48. The Morgan fingerprint density at radius 3 is 2.14 bits per heavy atom. The quantitative estimate of drug-likeness (QED) is 0.834. The number of nitrogens with zero attached hydrogens (tertiary/aromatic N) is 3. The molecule has 1 aliphatic rings. The van der Waals surface area contributed by atoms with Gasteiger partial charge in [0.25, 0.3) is 0 Å². The summed E-state index contributed by atoms with van der Waals surface area (Å²) in [6.07, 6.45) is 3.71. The van der Waals surface area contributed by atoms with E-state index < -0.39 is 0 Å². The lowest BCUT2D eigenvalue weighted by atomic mass is 10.1. The first-order valence-corrected chi connectivity index (χ1v) is 8.24. The van der Waals surface area contributed by atoms with Gasteiger partial charge >= 0.3 is 0 Å². The van der Waals surface area contributed by atoms with E-state index in [9.17, 15) is 0 Å². The maximum absolute atomic E-state index is 6.10. The summed E-state index contributed by atoms with van der Waals surface area (Å²) in [4.78, 5) is 8.93. The molecule has 1 atom stereocenters. The molecule has 0 saturated carbocycles. The fourth-order valence-corrected chi connectivity index (χ4v) is 3.46. The summed E-state index contributed by atoms with van der Waals surface area (Å²) in [7, 11) is 0. The van der Waals surface area contributed by atoms with Gasteiger partial charge in [-0.05, 0) is 42.8 Å². The predicted molar refractivity (Wildman–Crippen MR) is 92.9 cm³/mol. The lowest BCUT2D eigenvalue weighted by molar-refractivity contribution is 0.198. The highest BCUT2D eigenvalue weighted by atomic mass is 35.5. The fourth-order valence-electron chi connectivity index (χ4n) is 2.94. The second-order valence-electron chi connectivity index (χ2n) is 5.61. The molecule has 1 fully saturated rings. The summed E-state index contributed by atoms with van der Waals surface area (Å²) < 4.78 is 0. The fraction of sp³-hybridized carbons (Fsp3) is 0.353. The molecule has 116 valence electrons. The number of halogens is 2. The summed E-state index contributed by atoms with van der Waals surface area (Å²) in [5.74, 6) is 0. The number of hydrogen-bond donors (Lipinski definition) is 0. The number of anilines is 1. The van der Waals surface area contributed by atoms with Crippen LogP contribution in [-0.2, 0) is 0 Å². The van der Waals surface area contributed by atoms with Gasteiger partial charge in [0.2, 0.25) is 0 Å². The Kier molecular flexibility index (Phi) is 4.87. The van der Waals surface area contributed by atoms with Crippen molar-refractivity contribution in [1.29, 1.82) is 0 Å². The molecule has 0 amide bonds. The van der Waals surface area contributed by atoms with Crippen LogP contribution in [0.15, 0.2) is 42.7 Å². The van der Waals surface area contributed by atoms with Crippen molar-refractivity contribution in [2.75, 3.05) is 31.1 Å². The molecule has 0 N–H and O–H groups in total. The normalized spacial score (nSPS) is 17.5. The maximum atomic E-state index is 6.10. The van der Waals surface area contributed by atoms with Crippen LogP contribution in [0.3, 0.4) is 0 Å². The molecule has 1 unspecified atom stereocenters. The molecule has 0 spiro atoms. The van der Waals surface area contributed by atoms with Crippen LogP contribution in [0.5, 0.6) is 0 Å². The standard InChI is InChI=1S/C17H19Cl2N3/c1-13(14-2-4-20-5-3-14)21-6-8-22(9-7-21)17-11-15(18)10-16(19)12-17/h2-5,10-13H,6-9H2,1H3. The van der Waals surface area contributed by atoms with E-state index in [1.54, 1.807) is 6.07 Å². The Hall–Kier alpha value is -1.29. The first kappa shape index (κ1) is 15.6. The van der Waals surface area contributed by atoms with Gasteiger partial charge in [0, 0.05) is 60.3 Å². The Bertz CT molecular complexity index is 605. The molecular formula is C17H19Cl2N3. The Morgan fingerprint density at radius 2 is 1.55 bits per heavy atom. The number of pyridine rings is 1. The molecule has 3 nitrogen and oxygen atoms in total. The molecule has 5 heteroatoms. The van der Waals surface area contributed by atoms with Gasteiger partial charge < -0.3 is 4.90 Å². The molecule has 1 saturated heterocycles. The second-order valence-corrected chi connectivity index (χ2v) is 6.48. The van der Waals surface area contributed by atoms with Crippen LogP contribution in [0.4, 0.5) is 5.69 Å². The highest BCUT2D eigenvalue weighted by molar-refractivity contribution is 6.35. The van der Waals surface area contributed by atoms with Gasteiger partial charge in [0.15, 0.2) is 0 Å². The number of aromatic nitrogens is 1. The van der Waals surface area contributed by atoms with Crippen molar-refractivity contribution >= 4 is 28.9 Å². The third-order valence-corrected chi connectivity index (χ3v) is 4.70. The minimum absolute atomic E-state index is 0.410. The third kappa shape index (κ3) is 3.54. The molecule has 2 heterocycles. The minimum Gasteiger partial charge on any atom is -0.369 e. The van der Waals surface area contributed by atoms with E-state index in [1.807, 2.05) is 24.5 Å². The zero-order valence-electron chi connectivity index (χ0n) is 12.5. The van der Waals surface area contributed by atoms with E-state index in [2.05, 4.69) is 33.8 Å². The van der Waals surface area contributed by atoms with Crippen LogP contribution in [0, 0.1) is 0 Å². The minimum atomic E-state index is 0.410. The van der Waals surface area contributed by atoms with Crippen LogP contribution in [0.2, 0.25) is 10.0 Å². The summed E-state index contributed by atoms with van der Waals surface area (Å²) in [5.41, 5.74) is 2.42. The molecule has 3 rings (SSSR count). The Morgan fingerprint density at radius 1 is 0.955 bits per heavy atom. The predicted octanol–water partition coefficient (Wildman–Crippen LogP) is 4.27. The number of rotatable bonds is 3. The van der Waals surface area contributed by atoms with E-state index in [4.69, 9.17) is 23.2 Å². The smallest absolute Gasteiger partial charge is 0.0441 e. The molecule has 1 aliphatic heterocycles. The Labute approximate surface area is 141 Å². The van der Waals surface area contributed by atoms with E-state index >= 15 is 0 Å². The summed E-state index contributed by atoms with van der Waals surface area (Å²) in [6, 6.07) is 10.3. The topological polar surface area (TPSA) is 19.4 Å². The summed E-state index contributed by atoms with van der Waals surface area (Å²) in [5, 5.41) is 1.38. The van der Waals surface area contributed by atoms with Crippen molar-refractivity contribution < 1.29 is 0 Å². The molecule has 0 radical (unpaired) electrons. The van der Waals surface area contributed by atoms with Crippen LogP contribution in [0.25, 0.3) is 0 Å². The number of piperazine rings is 1. The average molecular weight is 336 g/mol. The van der Waals surface area contributed by atoms with Crippen molar-refractivity contribution in [2.24, 2.45) is 0 Å². The molecule has 22 heavy (non-hydrogen) atoms. The van der Waals surface area contributed by atoms with Crippen LogP contribution in [0.1, 0.15) is 18.5 Å². The molecule has 0 aliphatic carbocycles. The summed E-state index contributed by atoms with van der Waals surface area (Å²) >= 11 is 12.2. The van der Waals surface area contributed by atoms with Crippen LogP contribution >= 0.6 is 23.2 Å². The number of benzene rings is 1. The van der Waals surface area contributed by atoms with Gasteiger partial charge in [-0.3, -0.25) is 9.88 Å². The van der Waals surface area contributed by atoms with Crippen molar-refractivity contribution in [3.8, 4) is 0 Å². The van der Waals surface area contributed by atoms with Gasteiger partial charge in [0.05, 0.1) is 0 Å². The van der Waals surface area contributed by atoms with Crippen molar-refractivity contribution in [3.05, 3.63) is 58.3 Å². The molecule has 1 aromatic carbocycles. The van der Waals surface area contributed by atoms with E-state index in [1.165, 1.54) is 5.56 Å². The van der Waals surface area contributed by atoms with Gasteiger partial charge in [-0.15, -0.1) is 0 Å². The van der Waals surface area contributed by atoms with Crippen LogP contribution in [-0.4, -0.2) is 36.1 Å². The monoisotopic (exact) mass is 335 g/mol. The van der Waals surface area contributed by atoms with Crippen molar-refractivity contribution in [2.45, 2.75) is 13.0 Å². The zero-order valence-corrected chi connectivity index (χ0v) is 14.1. The van der Waals surface area contributed by atoms with Gasteiger partial charge in [-0.1, -0.05) is 23.2 Å². The lowest BCUT2D eigenvalue weighted by Crippen LogP contribution is -2.47. The van der Waals surface area contributed by atoms with Crippen molar-refractivity contribution in [3.63, 3.8) is 0 Å². The SMILES string of the molecule is CC(c1ccncc1)N1CCN(c2cc(Cl)cc(Cl)c2)CC1. The average Bonchev–Trinajstić information content (AvgIpc) is 2.54. The second kappa shape index (κ2) is 6.86. The molecule has 0 bridgehead atoms. The van der Waals surface area contributed by atoms with Crippen LogP contribution < -0.4 is 4.90 Å². The molecular weight excluding hydrogens is 317 g/mol. The highest BCUT2D eigenvalue weighted by Crippen LogP contribution is 2.28. The first-order chi connectivity index (χ1) is 10.6. The van der Waals surface area contributed by atoms with E-state index in [0.717, 1.165) is 31.9 Å². The van der Waals surface area contributed by atoms with E-state index in [-0.39, 0.29) is 0 Å². The Balaban J connectivity index is 1.65. The molecule has 2 aromatic rings. The van der Waals surface area contributed by atoms with Gasteiger partial charge in [-0.2, -0.15) is 0 Å². The largest absolute Gasteiger partial charge is 0.369 e. The van der Waals surface area contributed by atoms with E-state index in [0.29, 0.717) is 16.1 Å². The van der Waals surface area contributed by atoms with Gasteiger partial charge in [0.1, 0.15) is 0 Å². The summed E-state index contributed by atoms with van der Waals surface area (Å²) in [6.45, 7) is 6.25.